The number of hydrogen-bond acceptors (Lipinski definition) is 3. The molecule has 5 nitrogen and oxygen atoms in total. The predicted octanol–water partition coefficient (Wildman–Crippen LogP) is 2.80. The number of aryl methyl sites for hydroxylation is 1. The molecule has 2 aliphatic carbocycles. The molecule has 2 amide bonds. The molecule has 0 radical (unpaired) electrons. The number of aromatic nitrogens is 1. The fourth-order valence-corrected chi connectivity index (χ4v) is 4.76. The number of carbonyl (C=O) groups excluding carboxylic acids is 2. The summed E-state index contributed by atoms with van der Waals surface area (Å²) in [5, 5.41) is 6.49. The monoisotopic (exact) mass is 333 g/mol. The van der Waals surface area contributed by atoms with Crippen molar-refractivity contribution in [1.82, 2.24) is 9.58 Å². The highest BCUT2D eigenvalue weighted by Crippen LogP contribution is 2.52. The van der Waals surface area contributed by atoms with Crippen LogP contribution in [0.2, 0.25) is 0 Å². The van der Waals surface area contributed by atoms with E-state index < -0.39 is 0 Å². The maximum atomic E-state index is 12.7. The van der Waals surface area contributed by atoms with Crippen LogP contribution in [0.4, 0.5) is 0 Å². The zero-order valence-corrected chi connectivity index (χ0v) is 14.0. The molecular formula is C20H19N3O2. The van der Waals surface area contributed by atoms with Crippen molar-refractivity contribution < 1.29 is 9.59 Å². The van der Waals surface area contributed by atoms with Crippen molar-refractivity contribution in [3.05, 3.63) is 48.2 Å². The van der Waals surface area contributed by atoms with Crippen LogP contribution in [0.1, 0.15) is 18.9 Å². The maximum Gasteiger partial charge on any atom is 0.254 e. The molecule has 3 aliphatic rings. The smallest absolute Gasteiger partial charge is 0.254 e. The highest BCUT2D eigenvalue weighted by atomic mass is 16.2. The van der Waals surface area contributed by atoms with Gasteiger partial charge in [0, 0.05) is 29.2 Å². The van der Waals surface area contributed by atoms with Gasteiger partial charge in [-0.1, -0.05) is 30.4 Å². The van der Waals surface area contributed by atoms with Crippen LogP contribution in [0.15, 0.2) is 47.7 Å². The molecule has 2 heterocycles. The van der Waals surface area contributed by atoms with Gasteiger partial charge < -0.3 is 4.57 Å². The minimum absolute atomic E-state index is 0.137. The fourth-order valence-electron chi connectivity index (χ4n) is 4.76. The molecule has 0 spiro atoms. The molecule has 0 N–H and O–H groups in total. The zero-order valence-electron chi connectivity index (χ0n) is 14.0. The van der Waals surface area contributed by atoms with Gasteiger partial charge in [-0.25, -0.2) is 0 Å². The summed E-state index contributed by atoms with van der Waals surface area (Å²) in [4.78, 5) is 25.4. The third-order valence-electron chi connectivity index (χ3n) is 5.92. The maximum absolute atomic E-state index is 12.7. The van der Waals surface area contributed by atoms with E-state index in [0.29, 0.717) is 0 Å². The topological polar surface area (TPSA) is 54.7 Å². The molecule has 4 atom stereocenters. The third kappa shape index (κ3) is 1.92. The van der Waals surface area contributed by atoms with Crippen molar-refractivity contribution in [3.63, 3.8) is 0 Å². The lowest BCUT2D eigenvalue weighted by Crippen LogP contribution is -2.28. The number of hydrazone groups is 1. The van der Waals surface area contributed by atoms with Crippen LogP contribution < -0.4 is 0 Å². The molecule has 1 aromatic carbocycles. The second-order valence-electron chi connectivity index (χ2n) is 7.12. The van der Waals surface area contributed by atoms with E-state index in [1.807, 2.05) is 24.4 Å². The Hall–Kier alpha value is -2.69. The normalized spacial score (nSPS) is 30.4. The number of amides is 2. The van der Waals surface area contributed by atoms with Gasteiger partial charge in [0.25, 0.3) is 11.8 Å². The quantitative estimate of drug-likeness (QED) is 0.493. The zero-order chi connectivity index (χ0) is 17.1. The number of imide groups is 1. The third-order valence-corrected chi connectivity index (χ3v) is 5.92. The van der Waals surface area contributed by atoms with Crippen LogP contribution in [0.25, 0.3) is 10.9 Å². The number of carbonyl (C=O) groups is 2. The Morgan fingerprint density at radius 2 is 1.80 bits per heavy atom. The van der Waals surface area contributed by atoms with Gasteiger partial charge in [-0.2, -0.15) is 10.1 Å². The van der Waals surface area contributed by atoms with Crippen molar-refractivity contribution in [2.45, 2.75) is 19.9 Å². The molecule has 1 saturated carbocycles. The van der Waals surface area contributed by atoms with Crippen molar-refractivity contribution in [1.29, 1.82) is 0 Å². The molecule has 1 aromatic heterocycles. The highest BCUT2D eigenvalue weighted by Gasteiger charge is 2.59. The standard InChI is InChI=1S/C20H19N3O2/c1-2-22-11-14(15-5-3-4-6-16(15)22)10-21-23-19(24)17-12-7-8-13(9-12)18(17)20(23)25/h3-8,10-13,17-18H,2,9H2,1H3/t12-,13-,17-,18+/m0/s1. The molecule has 2 fully saturated rings. The molecule has 1 saturated heterocycles. The molecule has 25 heavy (non-hydrogen) atoms. The SMILES string of the molecule is CCn1cc(C=NN2C(=O)[C@@H]3[C@H](C2=O)[C@H]2C=C[C@H]3C2)c2ccccc21. The van der Waals surface area contributed by atoms with E-state index in [4.69, 9.17) is 0 Å². The number of benzene rings is 1. The first-order chi connectivity index (χ1) is 12.2. The Labute approximate surface area is 145 Å². The van der Waals surface area contributed by atoms with E-state index in [0.717, 1.165) is 34.4 Å². The lowest BCUT2D eigenvalue weighted by molar-refractivity contribution is -0.140. The van der Waals surface area contributed by atoms with Crippen molar-refractivity contribution in [2.24, 2.45) is 28.8 Å². The summed E-state index contributed by atoms with van der Waals surface area (Å²) in [5.41, 5.74) is 2.06. The van der Waals surface area contributed by atoms with Crippen LogP contribution in [0, 0.1) is 23.7 Å². The van der Waals surface area contributed by atoms with E-state index in [1.165, 1.54) is 0 Å². The minimum atomic E-state index is -0.198. The Bertz CT molecular complexity index is 925. The Morgan fingerprint density at radius 1 is 1.12 bits per heavy atom. The number of fused-ring (bicyclic) bond motifs is 6. The molecule has 1 aliphatic heterocycles. The van der Waals surface area contributed by atoms with Gasteiger partial charge in [0.15, 0.2) is 0 Å². The van der Waals surface area contributed by atoms with Crippen molar-refractivity contribution in [2.75, 3.05) is 0 Å². The lowest BCUT2D eigenvalue weighted by atomic mass is 9.85. The number of nitrogens with zero attached hydrogens (tertiary/aromatic N) is 3. The van der Waals surface area contributed by atoms with Gasteiger partial charge in [0.05, 0.1) is 18.1 Å². The predicted molar refractivity (Wildman–Crippen MR) is 94.8 cm³/mol. The summed E-state index contributed by atoms with van der Waals surface area (Å²) in [6, 6.07) is 8.10. The van der Waals surface area contributed by atoms with E-state index in [2.05, 4.69) is 34.8 Å². The van der Waals surface area contributed by atoms with Gasteiger partial charge in [-0.3, -0.25) is 9.59 Å². The Kier molecular flexibility index (Phi) is 3.02. The van der Waals surface area contributed by atoms with Crippen LogP contribution in [0.3, 0.4) is 0 Å². The average molecular weight is 333 g/mol. The molecular weight excluding hydrogens is 314 g/mol. The molecule has 2 aromatic rings. The average Bonchev–Trinajstić information content (AvgIpc) is 3.37. The Balaban J connectivity index is 1.49. The van der Waals surface area contributed by atoms with Crippen molar-refractivity contribution in [3.8, 4) is 0 Å². The first-order valence-electron chi connectivity index (χ1n) is 8.87. The first-order valence-corrected chi connectivity index (χ1v) is 8.87. The van der Waals surface area contributed by atoms with Gasteiger partial charge in [0.1, 0.15) is 0 Å². The minimum Gasteiger partial charge on any atom is -0.347 e. The largest absolute Gasteiger partial charge is 0.347 e. The first kappa shape index (κ1) is 14.6. The number of hydrogen-bond donors (Lipinski definition) is 0. The molecule has 0 unspecified atom stereocenters. The fraction of sp³-hybridized carbons (Fsp3) is 0.350. The van der Waals surface area contributed by atoms with E-state index in [-0.39, 0.29) is 35.5 Å². The molecule has 5 heteroatoms. The highest BCUT2D eigenvalue weighted by molar-refractivity contribution is 6.07. The molecule has 5 rings (SSSR count). The number of allylic oxidation sites excluding steroid dienone is 2. The van der Waals surface area contributed by atoms with Crippen LogP contribution in [-0.2, 0) is 16.1 Å². The van der Waals surface area contributed by atoms with Crippen LogP contribution in [-0.4, -0.2) is 27.6 Å². The van der Waals surface area contributed by atoms with Crippen LogP contribution >= 0.6 is 0 Å². The van der Waals surface area contributed by atoms with Gasteiger partial charge >= 0.3 is 0 Å². The number of rotatable bonds is 3. The van der Waals surface area contributed by atoms with Crippen LogP contribution in [0.5, 0.6) is 0 Å². The second-order valence-corrected chi connectivity index (χ2v) is 7.12. The molecule has 126 valence electrons. The summed E-state index contributed by atoms with van der Waals surface area (Å²) in [7, 11) is 0. The van der Waals surface area contributed by atoms with Gasteiger partial charge in [-0.15, -0.1) is 0 Å². The summed E-state index contributed by atoms with van der Waals surface area (Å²) in [6.07, 6.45) is 8.80. The molecule has 2 bridgehead atoms. The van der Waals surface area contributed by atoms with E-state index in [1.54, 1.807) is 6.21 Å². The van der Waals surface area contributed by atoms with Gasteiger partial charge in [0.2, 0.25) is 0 Å². The van der Waals surface area contributed by atoms with Gasteiger partial charge in [-0.05, 0) is 31.2 Å². The van der Waals surface area contributed by atoms with E-state index >= 15 is 0 Å². The summed E-state index contributed by atoms with van der Waals surface area (Å²) < 4.78 is 2.14. The van der Waals surface area contributed by atoms with Crippen molar-refractivity contribution >= 4 is 28.9 Å². The van der Waals surface area contributed by atoms with E-state index in [9.17, 15) is 9.59 Å². The summed E-state index contributed by atoms with van der Waals surface area (Å²) in [6.45, 7) is 2.94. The summed E-state index contributed by atoms with van der Waals surface area (Å²) in [5.74, 6) is -0.236. The summed E-state index contributed by atoms with van der Waals surface area (Å²) >= 11 is 0. The Morgan fingerprint density at radius 3 is 2.48 bits per heavy atom. The lowest BCUT2D eigenvalue weighted by Gasteiger charge is -2.13. The number of para-hydroxylation sites is 1. The second kappa shape index (κ2) is 5.15.